The molecular weight excluding hydrogens is 454 g/mol. The largest absolute Gasteiger partial charge is 0.477 e. The predicted molar refractivity (Wildman–Crippen MR) is 108 cm³/mol. The van der Waals surface area contributed by atoms with Crippen molar-refractivity contribution in [3.63, 3.8) is 0 Å². The number of nitrogens with one attached hydrogen (secondary N) is 2. The topological polar surface area (TPSA) is 163 Å². The van der Waals surface area contributed by atoms with Crippen molar-refractivity contribution in [1.82, 2.24) is 35.4 Å². The van der Waals surface area contributed by atoms with E-state index < -0.39 is 29.2 Å². The third-order valence-corrected chi connectivity index (χ3v) is 7.60. The van der Waals surface area contributed by atoms with Gasteiger partial charge in [-0.2, -0.15) is 0 Å². The number of thiazole rings is 1. The molecule has 2 aliphatic rings. The molecule has 15 heteroatoms. The summed E-state index contributed by atoms with van der Waals surface area (Å²) in [5.74, 6) is -1.36. The number of hydrogen-bond acceptors (Lipinski definition) is 10. The van der Waals surface area contributed by atoms with Crippen LogP contribution in [-0.2, 0) is 27.9 Å². The molecule has 30 heavy (non-hydrogen) atoms. The monoisotopic (exact) mass is 469 g/mol. The van der Waals surface area contributed by atoms with Crippen LogP contribution >= 0.6 is 34.9 Å². The van der Waals surface area contributed by atoms with Gasteiger partial charge in [-0.25, -0.2) is 9.48 Å². The van der Waals surface area contributed by atoms with Crippen LogP contribution in [0.3, 0.4) is 0 Å². The van der Waals surface area contributed by atoms with Gasteiger partial charge in [-0.3, -0.25) is 19.3 Å². The minimum atomic E-state index is -1.19. The molecule has 0 spiro atoms. The number of nitrogens with zero attached hydrogens (tertiary/aromatic N) is 5. The standard InChI is InChI=1S/C15H15N7O5S3/c1-21-14(18-19-20-21)29-4-6-3-28-12-9(11(24)22(12)10(6)13(25)26)17-8(23)2-7-5-30-15(27)16-7/h5,9,12H,2-4H2,1H3,(H,16,27)(H,17,23)(H,25,26)/t9?,12-/m0/s1. The van der Waals surface area contributed by atoms with Gasteiger partial charge < -0.3 is 15.4 Å². The highest BCUT2D eigenvalue weighted by molar-refractivity contribution is 8.01. The number of rotatable bonds is 7. The van der Waals surface area contributed by atoms with Crippen LogP contribution in [-0.4, -0.2) is 75.9 Å². The number of amides is 2. The zero-order chi connectivity index (χ0) is 21.4. The SMILES string of the molecule is Cn1nnnc1SCC1=C(C(=O)O)N2C(=O)C(NC(=O)Cc3csc(=O)[nH]3)[C@@H]2SC1. The number of aromatic amines is 1. The van der Waals surface area contributed by atoms with Crippen molar-refractivity contribution in [3.8, 4) is 0 Å². The lowest BCUT2D eigenvalue weighted by Gasteiger charge is -2.49. The fourth-order valence-electron chi connectivity index (χ4n) is 3.09. The summed E-state index contributed by atoms with van der Waals surface area (Å²) in [6.45, 7) is 0. The van der Waals surface area contributed by atoms with Gasteiger partial charge in [0, 0.05) is 29.6 Å². The average molecular weight is 470 g/mol. The number of aliphatic carboxylic acids is 1. The number of carboxylic acids is 1. The van der Waals surface area contributed by atoms with E-state index in [4.69, 9.17) is 0 Å². The van der Waals surface area contributed by atoms with Crippen LogP contribution in [0.15, 0.2) is 26.6 Å². The van der Waals surface area contributed by atoms with E-state index in [1.807, 2.05) is 0 Å². The number of carbonyl (C=O) groups excluding carboxylic acids is 2. The van der Waals surface area contributed by atoms with Crippen LogP contribution in [0.4, 0.5) is 0 Å². The Morgan fingerprint density at radius 1 is 1.43 bits per heavy atom. The van der Waals surface area contributed by atoms with E-state index in [0.29, 0.717) is 27.9 Å². The Balaban J connectivity index is 1.44. The number of aryl methyl sites for hydroxylation is 1. The van der Waals surface area contributed by atoms with Gasteiger partial charge in [0.2, 0.25) is 11.1 Å². The van der Waals surface area contributed by atoms with Crippen molar-refractivity contribution in [1.29, 1.82) is 0 Å². The first-order chi connectivity index (χ1) is 14.3. The first-order valence-electron chi connectivity index (χ1n) is 8.56. The minimum absolute atomic E-state index is 0.0564. The molecule has 12 nitrogen and oxygen atoms in total. The van der Waals surface area contributed by atoms with Crippen LogP contribution in [0.1, 0.15) is 5.69 Å². The first kappa shape index (κ1) is 20.6. The van der Waals surface area contributed by atoms with E-state index in [9.17, 15) is 24.3 Å². The third kappa shape index (κ3) is 3.87. The summed E-state index contributed by atoms with van der Waals surface area (Å²) in [7, 11) is 1.68. The lowest BCUT2D eigenvalue weighted by molar-refractivity contribution is -0.150. The van der Waals surface area contributed by atoms with Gasteiger partial charge in [0.05, 0.1) is 6.42 Å². The van der Waals surface area contributed by atoms with Crippen LogP contribution in [0.25, 0.3) is 0 Å². The Morgan fingerprint density at radius 3 is 2.87 bits per heavy atom. The summed E-state index contributed by atoms with van der Waals surface area (Å²) in [5.41, 5.74) is 0.996. The van der Waals surface area contributed by atoms with E-state index in [-0.39, 0.29) is 17.0 Å². The summed E-state index contributed by atoms with van der Waals surface area (Å²) in [6, 6.07) is -0.806. The van der Waals surface area contributed by atoms with Crippen molar-refractivity contribution in [2.24, 2.45) is 7.05 Å². The number of H-pyrrole nitrogens is 1. The summed E-state index contributed by atoms with van der Waals surface area (Å²) < 4.78 is 1.48. The molecule has 158 valence electrons. The molecule has 1 saturated heterocycles. The maximum absolute atomic E-state index is 12.6. The average Bonchev–Trinajstić information content (AvgIpc) is 3.31. The quantitative estimate of drug-likeness (QED) is 0.340. The Kier molecular flexibility index (Phi) is 5.66. The minimum Gasteiger partial charge on any atom is -0.477 e. The Hall–Kier alpha value is -2.65. The number of thioether (sulfide) groups is 2. The zero-order valence-corrected chi connectivity index (χ0v) is 17.8. The molecule has 0 radical (unpaired) electrons. The van der Waals surface area contributed by atoms with Crippen molar-refractivity contribution in [2.75, 3.05) is 11.5 Å². The molecule has 4 rings (SSSR count). The number of hydrogen-bond donors (Lipinski definition) is 3. The second-order valence-electron chi connectivity index (χ2n) is 6.44. The van der Waals surface area contributed by atoms with Crippen LogP contribution in [0.5, 0.6) is 0 Å². The molecule has 2 aliphatic heterocycles. The Morgan fingerprint density at radius 2 is 2.23 bits per heavy atom. The number of carboxylic acid groups (broad SMARTS) is 1. The predicted octanol–water partition coefficient (Wildman–Crippen LogP) is -0.967. The summed E-state index contributed by atoms with van der Waals surface area (Å²) in [4.78, 5) is 51.4. The molecule has 0 aliphatic carbocycles. The van der Waals surface area contributed by atoms with Gasteiger partial charge in [-0.05, 0) is 16.0 Å². The van der Waals surface area contributed by atoms with Gasteiger partial charge >= 0.3 is 10.8 Å². The number of β-lactam (4-membered cyclic amide) rings is 1. The van der Waals surface area contributed by atoms with E-state index in [2.05, 4.69) is 25.8 Å². The molecule has 0 bridgehead atoms. The molecular formula is C15H15N7O5S3. The number of tetrazole rings is 1. The summed E-state index contributed by atoms with van der Waals surface area (Å²) >= 11 is 3.63. The molecule has 2 aromatic heterocycles. The van der Waals surface area contributed by atoms with Crippen LogP contribution in [0.2, 0.25) is 0 Å². The Labute approximate surface area is 181 Å². The van der Waals surface area contributed by atoms with Gasteiger partial charge in [-0.1, -0.05) is 23.1 Å². The second-order valence-corrected chi connectivity index (χ2v) is 9.33. The number of aromatic nitrogens is 5. The number of fused-ring (bicyclic) bond motifs is 1. The lowest BCUT2D eigenvalue weighted by atomic mass is 10.0. The first-order valence-corrected chi connectivity index (χ1v) is 11.5. The van der Waals surface area contributed by atoms with Gasteiger partial charge in [0.25, 0.3) is 5.91 Å². The Bertz CT molecular complexity index is 1110. The molecule has 3 N–H and O–H groups in total. The van der Waals surface area contributed by atoms with Gasteiger partial charge in [0.15, 0.2) is 0 Å². The maximum atomic E-state index is 12.6. The van der Waals surface area contributed by atoms with Gasteiger partial charge in [0.1, 0.15) is 17.1 Å². The smallest absolute Gasteiger partial charge is 0.352 e. The fraction of sp³-hybridized carbons (Fsp3) is 0.400. The molecule has 4 heterocycles. The summed E-state index contributed by atoms with van der Waals surface area (Å²) in [6.07, 6.45) is -0.0604. The molecule has 0 aromatic carbocycles. The van der Waals surface area contributed by atoms with E-state index in [1.165, 1.54) is 33.1 Å². The third-order valence-electron chi connectivity index (χ3n) is 4.44. The zero-order valence-electron chi connectivity index (χ0n) is 15.4. The lowest BCUT2D eigenvalue weighted by Crippen LogP contribution is -2.70. The highest BCUT2D eigenvalue weighted by atomic mass is 32.2. The molecule has 2 aromatic rings. The van der Waals surface area contributed by atoms with Crippen LogP contribution in [0, 0.1) is 0 Å². The molecule has 0 saturated carbocycles. The highest BCUT2D eigenvalue weighted by Gasteiger charge is 2.54. The molecule has 2 atom stereocenters. The van der Waals surface area contributed by atoms with E-state index in [1.54, 1.807) is 12.4 Å². The van der Waals surface area contributed by atoms with E-state index in [0.717, 1.165) is 11.3 Å². The van der Waals surface area contributed by atoms with Crippen molar-refractivity contribution < 1.29 is 19.5 Å². The molecule has 1 fully saturated rings. The van der Waals surface area contributed by atoms with Crippen LogP contribution < -0.4 is 10.2 Å². The van der Waals surface area contributed by atoms with Crippen molar-refractivity contribution in [2.45, 2.75) is 23.0 Å². The second kappa shape index (κ2) is 8.23. The molecule has 2 amide bonds. The normalized spacial score (nSPS) is 20.7. The number of carbonyl (C=O) groups is 3. The van der Waals surface area contributed by atoms with Crippen molar-refractivity contribution >= 4 is 52.6 Å². The summed E-state index contributed by atoms with van der Waals surface area (Å²) in [5, 5.41) is 25.0. The fourth-order valence-corrected chi connectivity index (χ4v) is 6.00. The molecule has 1 unspecified atom stereocenters. The highest BCUT2D eigenvalue weighted by Crippen LogP contribution is 2.41. The van der Waals surface area contributed by atoms with Crippen molar-refractivity contribution in [3.05, 3.63) is 32.0 Å². The van der Waals surface area contributed by atoms with Gasteiger partial charge in [-0.15, -0.1) is 16.9 Å². The van der Waals surface area contributed by atoms with E-state index >= 15 is 0 Å². The maximum Gasteiger partial charge on any atom is 0.352 e.